The molecule has 0 radical (unpaired) electrons. The van der Waals surface area contributed by atoms with Crippen molar-refractivity contribution in [1.29, 1.82) is 0 Å². The van der Waals surface area contributed by atoms with Crippen molar-refractivity contribution in [2.75, 3.05) is 7.05 Å². The first-order valence-electron chi connectivity index (χ1n) is 5.96. The Morgan fingerprint density at radius 2 is 2.00 bits per heavy atom. The number of rotatable bonds is 2. The molecule has 1 aliphatic rings. The van der Waals surface area contributed by atoms with Crippen LogP contribution in [-0.4, -0.2) is 16.9 Å². The molecule has 0 aliphatic carbocycles. The molecule has 0 amide bonds. The van der Waals surface area contributed by atoms with Crippen molar-refractivity contribution in [2.24, 2.45) is 5.73 Å². The van der Waals surface area contributed by atoms with E-state index in [1.165, 1.54) is 28.1 Å². The summed E-state index contributed by atoms with van der Waals surface area (Å²) in [5.41, 5.74) is 12.3. The fourth-order valence-corrected chi connectivity index (χ4v) is 2.63. The Morgan fingerprint density at radius 3 is 2.71 bits per heavy atom. The number of benzene rings is 1. The van der Waals surface area contributed by atoms with E-state index < -0.39 is 0 Å². The van der Waals surface area contributed by atoms with Crippen LogP contribution in [0.5, 0.6) is 0 Å². The van der Waals surface area contributed by atoms with Crippen molar-refractivity contribution in [3.63, 3.8) is 0 Å². The van der Waals surface area contributed by atoms with Crippen LogP contribution in [0, 0.1) is 0 Å². The summed E-state index contributed by atoms with van der Waals surface area (Å²) in [7, 11) is 2.14. The van der Waals surface area contributed by atoms with Gasteiger partial charge in [-0.1, -0.05) is 30.3 Å². The topological polar surface area (TPSA) is 45.0 Å². The molecule has 0 saturated carbocycles. The molecule has 1 aliphatic heterocycles. The molecule has 0 fully saturated rings. The Morgan fingerprint density at radius 1 is 1.24 bits per heavy atom. The number of nitrogens with two attached hydrogens (primary N) is 1. The average Bonchev–Trinajstić information content (AvgIpc) is 2.85. The smallest absolute Gasteiger partial charge is 0.0505 e. The number of hydrogen-bond donors (Lipinski definition) is 2. The van der Waals surface area contributed by atoms with Crippen LogP contribution in [-0.2, 0) is 19.6 Å². The van der Waals surface area contributed by atoms with Crippen molar-refractivity contribution in [1.82, 2.24) is 9.88 Å². The van der Waals surface area contributed by atoms with Gasteiger partial charge in [0.15, 0.2) is 0 Å². The lowest BCUT2D eigenvalue weighted by molar-refractivity contribution is 0.349. The Balaban J connectivity index is 2.11. The summed E-state index contributed by atoms with van der Waals surface area (Å²) in [4.78, 5) is 5.84. The van der Waals surface area contributed by atoms with Crippen LogP contribution in [0.15, 0.2) is 30.3 Å². The zero-order valence-corrected chi connectivity index (χ0v) is 10.0. The molecule has 3 nitrogen and oxygen atoms in total. The van der Waals surface area contributed by atoms with Gasteiger partial charge in [-0.15, -0.1) is 0 Å². The van der Waals surface area contributed by atoms with Crippen LogP contribution in [0.2, 0.25) is 0 Å². The van der Waals surface area contributed by atoms with Crippen molar-refractivity contribution in [2.45, 2.75) is 19.6 Å². The Bertz CT molecular complexity index is 528. The third-order valence-electron chi connectivity index (χ3n) is 3.43. The van der Waals surface area contributed by atoms with Gasteiger partial charge in [0.1, 0.15) is 0 Å². The molecule has 0 saturated heterocycles. The predicted molar refractivity (Wildman–Crippen MR) is 69.3 cm³/mol. The van der Waals surface area contributed by atoms with Crippen molar-refractivity contribution >= 4 is 0 Å². The summed E-state index contributed by atoms with van der Waals surface area (Å²) in [6, 6.07) is 10.4. The highest BCUT2D eigenvalue weighted by atomic mass is 15.1. The second-order valence-electron chi connectivity index (χ2n) is 4.68. The molecule has 0 spiro atoms. The van der Waals surface area contributed by atoms with Gasteiger partial charge in [0, 0.05) is 25.3 Å². The van der Waals surface area contributed by atoms with Gasteiger partial charge in [-0.25, -0.2) is 0 Å². The van der Waals surface area contributed by atoms with Gasteiger partial charge in [-0.3, -0.25) is 4.90 Å². The maximum absolute atomic E-state index is 5.91. The van der Waals surface area contributed by atoms with E-state index in [4.69, 9.17) is 5.73 Å². The third-order valence-corrected chi connectivity index (χ3v) is 3.43. The first-order valence-corrected chi connectivity index (χ1v) is 5.96. The molecular weight excluding hydrogens is 210 g/mol. The minimum absolute atomic E-state index is 0.601. The summed E-state index contributed by atoms with van der Waals surface area (Å²) >= 11 is 0. The number of nitrogens with zero attached hydrogens (tertiary/aromatic N) is 1. The predicted octanol–water partition coefficient (Wildman–Crippen LogP) is 2.09. The van der Waals surface area contributed by atoms with Gasteiger partial charge in [-0.05, 0) is 23.7 Å². The summed E-state index contributed by atoms with van der Waals surface area (Å²) in [5, 5.41) is 0. The van der Waals surface area contributed by atoms with Gasteiger partial charge >= 0.3 is 0 Å². The van der Waals surface area contributed by atoms with Crippen LogP contribution in [0.3, 0.4) is 0 Å². The van der Waals surface area contributed by atoms with E-state index in [2.05, 4.69) is 41.2 Å². The van der Waals surface area contributed by atoms with Gasteiger partial charge in [0.25, 0.3) is 0 Å². The lowest BCUT2D eigenvalue weighted by Crippen LogP contribution is -2.10. The SMILES string of the molecule is CN1Cc2[nH]c(-c3ccccc3)c(CN)c2C1. The number of H-pyrrole nitrogens is 1. The second kappa shape index (κ2) is 4.02. The Hall–Kier alpha value is -1.58. The quantitative estimate of drug-likeness (QED) is 0.825. The number of aromatic amines is 1. The van der Waals surface area contributed by atoms with E-state index in [1.54, 1.807) is 0 Å². The van der Waals surface area contributed by atoms with E-state index in [0.29, 0.717) is 6.54 Å². The van der Waals surface area contributed by atoms with Crippen LogP contribution in [0.4, 0.5) is 0 Å². The molecule has 3 heteroatoms. The van der Waals surface area contributed by atoms with Crippen molar-refractivity contribution < 1.29 is 0 Å². The number of nitrogens with one attached hydrogen (secondary N) is 1. The molecule has 3 N–H and O–H groups in total. The molecule has 3 rings (SSSR count). The van der Waals surface area contributed by atoms with E-state index in [0.717, 1.165) is 13.1 Å². The molecule has 2 aromatic rings. The van der Waals surface area contributed by atoms with E-state index in [-0.39, 0.29) is 0 Å². The molecule has 0 atom stereocenters. The van der Waals surface area contributed by atoms with E-state index in [9.17, 15) is 0 Å². The molecule has 88 valence electrons. The molecule has 2 heterocycles. The number of fused-ring (bicyclic) bond motifs is 1. The van der Waals surface area contributed by atoms with E-state index >= 15 is 0 Å². The monoisotopic (exact) mass is 227 g/mol. The van der Waals surface area contributed by atoms with Gasteiger partial charge in [0.05, 0.1) is 5.69 Å². The third kappa shape index (κ3) is 1.68. The lowest BCUT2D eigenvalue weighted by Gasteiger charge is -2.09. The fourth-order valence-electron chi connectivity index (χ4n) is 2.63. The van der Waals surface area contributed by atoms with Crippen molar-refractivity contribution in [3.05, 3.63) is 47.2 Å². The second-order valence-corrected chi connectivity index (χ2v) is 4.68. The first kappa shape index (κ1) is 10.6. The standard InChI is InChI=1S/C14H17N3/c1-17-8-12-11(7-15)14(16-13(12)9-17)10-5-3-2-4-6-10/h2-6,16H,7-9,15H2,1H3. The summed E-state index contributed by atoms with van der Waals surface area (Å²) in [6.07, 6.45) is 0. The zero-order valence-electron chi connectivity index (χ0n) is 10.0. The minimum atomic E-state index is 0.601. The summed E-state index contributed by atoms with van der Waals surface area (Å²) in [6.45, 7) is 2.60. The normalized spacial score (nSPS) is 15.2. The lowest BCUT2D eigenvalue weighted by atomic mass is 10.0. The zero-order chi connectivity index (χ0) is 11.8. The first-order chi connectivity index (χ1) is 8.29. The number of aromatic nitrogens is 1. The van der Waals surface area contributed by atoms with Gasteiger partial charge < -0.3 is 10.7 Å². The molecular formula is C14H17N3. The van der Waals surface area contributed by atoms with Crippen LogP contribution in [0.25, 0.3) is 11.3 Å². The summed E-state index contributed by atoms with van der Waals surface area (Å²) < 4.78 is 0. The van der Waals surface area contributed by atoms with Crippen molar-refractivity contribution in [3.8, 4) is 11.3 Å². The molecule has 0 bridgehead atoms. The number of hydrogen-bond acceptors (Lipinski definition) is 2. The summed E-state index contributed by atoms with van der Waals surface area (Å²) in [5.74, 6) is 0. The molecule has 1 aromatic heterocycles. The average molecular weight is 227 g/mol. The molecule has 1 aromatic carbocycles. The van der Waals surface area contributed by atoms with Crippen LogP contribution in [0.1, 0.15) is 16.8 Å². The molecule has 17 heavy (non-hydrogen) atoms. The Labute approximate surface area is 101 Å². The van der Waals surface area contributed by atoms with Crippen LogP contribution < -0.4 is 5.73 Å². The van der Waals surface area contributed by atoms with Gasteiger partial charge in [0.2, 0.25) is 0 Å². The maximum atomic E-state index is 5.91. The highest BCUT2D eigenvalue weighted by Gasteiger charge is 2.23. The van der Waals surface area contributed by atoms with Gasteiger partial charge in [-0.2, -0.15) is 0 Å². The highest BCUT2D eigenvalue weighted by molar-refractivity contribution is 5.67. The fraction of sp³-hybridized carbons (Fsp3) is 0.286. The Kier molecular flexibility index (Phi) is 2.50. The maximum Gasteiger partial charge on any atom is 0.0505 e. The highest BCUT2D eigenvalue weighted by Crippen LogP contribution is 2.32. The molecule has 0 unspecified atom stereocenters. The largest absolute Gasteiger partial charge is 0.357 e. The van der Waals surface area contributed by atoms with E-state index in [1.807, 2.05) is 6.07 Å². The minimum Gasteiger partial charge on any atom is -0.357 e. The van der Waals surface area contributed by atoms with Crippen LogP contribution >= 0.6 is 0 Å².